The average Bonchev–Trinajstić information content (AvgIpc) is 3.47. The van der Waals surface area contributed by atoms with Gasteiger partial charge in [0.1, 0.15) is 29.3 Å². The zero-order chi connectivity index (χ0) is 38.8. The van der Waals surface area contributed by atoms with E-state index in [-0.39, 0.29) is 59.1 Å². The summed E-state index contributed by atoms with van der Waals surface area (Å²) in [7, 11) is 0.761. The van der Waals surface area contributed by atoms with E-state index < -0.39 is 65.9 Å². The Hall–Kier alpha value is -4.77. The Bertz CT molecular complexity index is 2050. The molecule has 1 aromatic heterocycles. The number of carbonyl (C=O) groups excluding carboxylic acids is 3. The lowest BCUT2D eigenvalue weighted by molar-refractivity contribution is -0.0480. The van der Waals surface area contributed by atoms with Crippen molar-refractivity contribution in [3.05, 3.63) is 87.4 Å². The molecule has 53 heavy (non-hydrogen) atoms. The summed E-state index contributed by atoms with van der Waals surface area (Å²) in [6, 6.07) is 13.8. The number of allylic oxidation sites excluding steroid dienone is 1. The Balaban J connectivity index is 1.56. The molecule has 0 saturated carbocycles. The van der Waals surface area contributed by atoms with E-state index in [1.54, 1.807) is 20.8 Å². The van der Waals surface area contributed by atoms with E-state index in [1.807, 2.05) is 83.2 Å². The van der Waals surface area contributed by atoms with Gasteiger partial charge in [0.2, 0.25) is 5.78 Å². The Kier molecular flexibility index (Phi) is 9.50. The molecule has 12 nitrogen and oxygen atoms in total. The molecule has 2 aromatic carbocycles. The van der Waals surface area contributed by atoms with Gasteiger partial charge >= 0.3 is 6.16 Å². The van der Waals surface area contributed by atoms with Gasteiger partial charge in [0.15, 0.2) is 25.5 Å². The van der Waals surface area contributed by atoms with Crippen molar-refractivity contribution >= 4 is 26.0 Å². The van der Waals surface area contributed by atoms with Crippen LogP contribution in [-0.4, -0.2) is 66.5 Å². The zero-order valence-corrected chi connectivity index (χ0v) is 32.9. The third kappa shape index (κ3) is 6.47. The summed E-state index contributed by atoms with van der Waals surface area (Å²) < 4.78 is 30.2. The fourth-order valence-electron chi connectivity index (χ4n) is 7.50. The van der Waals surface area contributed by atoms with E-state index in [2.05, 4.69) is 11.2 Å². The number of ketones is 2. The molecule has 1 N–H and O–H groups in total. The highest BCUT2D eigenvalue weighted by atomic mass is 28.4. The number of aliphatic hydroxyl groups is 1. The number of aliphatic hydroxyl groups excluding tert-OH is 1. The number of hydrogen-bond acceptors (Lipinski definition) is 12. The first-order valence-corrected chi connectivity index (χ1v) is 20.7. The maximum atomic E-state index is 15.4. The number of hydrogen-bond donors (Lipinski definition) is 1. The first-order chi connectivity index (χ1) is 24.7. The van der Waals surface area contributed by atoms with Crippen LogP contribution >= 0.6 is 0 Å². The molecule has 1 heterocycles. The van der Waals surface area contributed by atoms with Crippen LogP contribution < -0.4 is 9.47 Å². The Labute approximate surface area is 310 Å². The second-order valence-electron chi connectivity index (χ2n) is 16.8. The van der Waals surface area contributed by atoms with E-state index in [0.717, 1.165) is 5.56 Å². The van der Waals surface area contributed by atoms with Crippen molar-refractivity contribution in [1.29, 1.82) is 5.26 Å². The Morgan fingerprint density at radius 3 is 2.36 bits per heavy atom. The molecule has 0 bridgehead atoms. The van der Waals surface area contributed by atoms with E-state index >= 15 is 4.79 Å². The van der Waals surface area contributed by atoms with Crippen LogP contribution in [-0.2, 0) is 22.2 Å². The molecule has 0 fully saturated rings. The number of ether oxygens (including phenoxy) is 3. The molecule has 0 saturated heterocycles. The highest BCUT2D eigenvalue weighted by Gasteiger charge is 2.67. The fourth-order valence-corrected chi connectivity index (χ4v) is 8.95. The lowest BCUT2D eigenvalue weighted by Gasteiger charge is -2.55. The monoisotopic (exact) mass is 741 g/mol. The van der Waals surface area contributed by atoms with Crippen LogP contribution in [0.4, 0.5) is 4.79 Å². The summed E-state index contributed by atoms with van der Waals surface area (Å²) in [4.78, 5) is 45.0. The average molecular weight is 742 g/mol. The van der Waals surface area contributed by atoms with Gasteiger partial charge in [-0.3, -0.25) is 14.5 Å². The summed E-state index contributed by atoms with van der Waals surface area (Å²) >= 11 is 0. The zero-order valence-electron chi connectivity index (χ0n) is 31.9. The van der Waals surface area contributed by atoms with Gasteiger partial charge in [-0.05, 0) is 100 Å². The van der Waals surface area contributed by atoms with Crippen LogP contribution in [0.2, 0.25) is 18.1 Å². The van der Waals surface area contributed by atoms with Gasteiger partial charge in [-0.1, -0.05) is 51.1 Å². The van der Waals surface area contributed by atoms with Gasteiger partial charge in [-0.2, -0.15) is 5.26 Å². The van der Waals surface area contributed by atoms with Crippen LogP contribution in [0, 0.1) is 23.2 Å². The van der Waals surface area contributed by atoms with Crippen LogP contribution in [0.15, 0.2) is 58.3 Å². The van der Waals surface area contributed by atoms with Gasteiger partial charge < -0.3 is 28.3 Å². The molecular weight excluding hydrogens is 695 g/mol. The molecule has 13 heteroatoms. The number of benzene rings is 2. The topological polar surface area (TPSA) is 161 Å². The summed E-state index contributed by atoms with van der Waals surface area (Å²) in [5, 5.41) is 26.7. The minimum atomic E-state index is -2.93. The molecule has 6 rings (SSSR count). The normalized spacial score (nSPS) is 22.7. The molecule has 0 spiro atoms. The molecule has 280 valence electrons. The maximum absolute atomic E-state index is 15.4. The van der Waals surface area contributed by atoms with Crippen LogP contribution in [0.25, 0.3) is 0 Å². The Morgan fingerprint density at radius 1 is 1.08 bits per heavy atom. The minimum Gasteiger partial charge on any atom is -0.508 e. The number of nitriles is 1. The molecule has 3 aliphatic carbocycles. The van der Waals surface area contributed by atoms with E-state index in [0.29, 0.717) is 5.56 Å². The van der Waals surface area contributed by atoms with Crippen molar-refractivity contribution in [2.24, 2.45) is 11.8 Å². The van der Waals surface area contributed by atoms with Crippen LogP contribution in [0.5, 0.6) is 11.6 Å². The van der Waals surface area contributed by atoms with Crippen molar-refractivity contribution in [2.45, 2.75) is 96.4 Å². The molecule has 0 radical (unpaired) electrons. The third-order valence-corrected chi connectivity index (χ3v) is 15.3. The number of rotatable bonds is 7. The van der Waals surface area contributed by atoms with Gasteiger partial charge in [0.25, 0.3) is 5.88 Å². The smallest absolute Gasteiger partial charge is 0.508 e. The number of aromatic nitrogens is 1. The predicted molar refractivity (Wildman–Crippen MR) is 196 cm³/mol. The summed E-state index contributed by atoms with van der Waals surface area (Å²) in [5.41, 5.74) is -1.45. The van der Waals surface area contributed by atoms with Crippen LogP contribution in [0.1, 0.15) is 97.2 Å². The number of nitrogens with zero attached hydrogens (tertiary/aromatic N) is 3. The van der Waals surface area contributed by atoms with Gasteiger partial charge in [0.05, 0.1) is 23.2 Å². The largest absolute Gasteiger partial charge is 0.514 e. The van der Waals surface area contributed by atoms with Crippen molar-refractivity contribution in [3.63, 3.8) is 0 Å². The second-order valence-corrected chi connectivity index (χ2v) is 21.5. The van der Waals surface area contributed by atoms with Gasteiger partial charge in [0, 0.05) is 11.5 Å². The third-order valence-electron chi connectivity index (χ3n) is 10.9. The highest BCUT2D eigenvalue weighted by molar-refractivity contribution is 6.74. The van der Waals surface area contributed by atoms with Gasteiger partial charge in [-0.15, -0.1) is 0 Å². The van der Waals surface area contributed by atoms with E-state index in [1.165, 1.54) is 12.1 Å². The maximum Gasteiger partial charge on any atom is 0.514 e. The second kappa shape index (κ2) is 13.3. The number of fused-ring (bicyclic) bond motifs is 4. The van der Waals surface area contributed by atoms with Gasteiger partial charge in [-0.25, -0.2) is 4.79 Å². The quantitative estimate of drug-likeness (QED) is 0.142. The fraction of sp³-hybridized carbons (Fsp3) is 0.475. The highest BCUT2D eigenvalue weighted by Crippen LogP contribution is 2.59. The minimum absolute atomic E-state index is 0.0194. The first-order valence-electron chi connectivity index (χ1n) is 17.7. The molecule has 0 amide bonds. The summed E-state index contributed by atoms with van der Waals surface area (Å²) in [6.07, 6.45) is -0.654. The SMILES string of the molecule is CN(C)[C@@H]1c2onc(OCc3ccccc3)c2C(=O)[C@@]2(O[Si](C)(C)C(C)(C)C)C(O)=C3C(=O)c4c(OC(=O)OC(C)(C)C)ccc(C#N)c4C[C@H]3C[C@@H]12. The van der Waals surface area contributed by atoms with Crippen molar-refractivity contribution in [2.75, 3.05) is 14.1 Å². The lowest BCUT2D eigenvalue weighted by atomic mass is 9.58. The molecule has 3 aliphatic rings. The summed E-state index contributed by atoms with van der Waals surface area (Å²) in [6.45, 7) is 15.2. The standard InChI is InChI=1S/C40H47N3O9Si/c1-38(2,3)50-37(47)49-27-17-16-23(20-41)25-18-24-19-26-31(43(7)8)33-30(36(42-51-33)48-21-22-14-12-11-13-15-22)35(46)40(26,52-53(9,10)39(4,5)6)34(45)28(24)32(44)29(25)27/h11-17,24,26,31,45H,18-19,21H2,1-10H3/t24-,26-,31-,40-/m0/s1. The number of carbonyl (C=O) groups is 3. The van der Waals surface area contributed by atoms with Crippen molar-refractivity contribution < 1.29 is 42.6 Å². The van der Waals surface area contributed by atoms with E-state index in [9.17, 15) is 20.0 Å². The first kappa shape index (κ1) is 38.0. The number of Topliss-reactive ketones (excluding diaryl/α,β-unsaturated/α-hetero) is 2. The molecule has 3 aromatic rings. The predicted octanol–water partition coefficient (Wildman–Crippen LogP) is 7.89. The van der Waals surface area contributed by atoms with Crippen molar-refractivity contribution in [3.8, 4) is 17.7 Å². The molecular formula is C40H47N3O9Si. The van der Waals surface area contributed by atoms with Crippen LogP contribution in [0.3, 0.4) is 0 Å². The summed E-state index contributed by atoms with van der Waals surface area (Å²) in [5.74, 6) is -2.99. The molecule has 0 unspecified atom stereocenters. The van der Waals surface area contributed by atoms with Crippen molar-refractivity contribution in [1.82, 2.24) is 10.1 Å². The molecule has 4 atom stereocenters. The molecule has 0 aliphatic heterocycles. The lowest BCUT2D eigenvalue weighted by Crippen LogP contribution is -2.65. The Morgan fingerprint density at radius 2 is 1.75 bits per heavy atom. The van der Waals surface area contributed by atoms with E-state index in [4.69, 9.17) is 23.2 Å².